The van der Waals surface area contributed by atoms with Gasteiger partial charge >= 0.3 is 0 Å². The van der Waals surface area contributed by atoms with Crippen LogP contribution in [0.25, 0.3) is 0 Å². The highest BCUT2D eigenvalue weighted by Gasteiger charge is 2.30. The summed E-state index contributed by atoms with van der Waals surface area (Å²) < 4.78 is 0. The van der Waals surface area contributed by atoms with Crippen molar-refractivity contribution in [1.82, 2.24) is 10.6 Å². The zero-order chi connectivity index (χ0) is 17.5. The van der Waals surface area contributed by atoms with E-state index in [-0.39, 0.29) is 0 Å². The summed E-state index contributed by atoms with van der Waals surface area (Å²) in [5.41, 5.74) is -0.867. The van der Waals surface area contributed by atoms with Crippen molar-refractivity contribution in [3.05, 3.63) is 0 Å². The molecule has 2 N–H and O–H groups in total. The molecule has 0 saturated heterocycles. The van der Waals surface area contributed by atoms with Gasteiger partial charge in [-0.2, -0.15) is 10.2 Å². The summed E-state index contributed by atoms with van der Waals surface area (Å²) in [4.78, 5) is 9.40. The summed E-state index contributed by atoms with van der Waals surface area (Å²) in [5, 5.41) is 16.2. The summed E-state index contributed by atoms with van der Waals surface area (Å²) in [5.74, 6) is 1.91. The van der Waals surface area contributed by atoms with E-state index < -0.39 is 11.1 Å². The van der Waals surface area contributed by atoms with Crippen LogP contribution in [0, 0.1) is 0 Å². The molecule has 2 heterocycles. The van der Waals surface area contributed by atoms with Crippen LogP contribution < -0.4 is 10.6 Å². The number of rotatable bonds is 4. The number of aliphatic imine (C=N–C) groups is 2. The zero-order valence-electron chi connectivity index (χ0n) is 15.9. The minimum Gasteiger partial charge on any atom is -0.372 e. The standard InChI is InChI=1S/C18H34N6/c1-17(2,15-19-11-7-5-8-12-20-15)23-24-18(3,4)16-21-13-9-6-10-14-22-16/h5-14H2,1-4H3,(H,19,20)(H,21,22). The van der Waals surface area contributed by atoms with Gasteiger partial charge in [-0.15, -0.1) is 0 Å². The number of nitrogens with one attached hydrogen (secondary N) is 2. The first-order valence-electron chi connectivity index (χ1n) is 9.43. The van der Waals surface area contributed by atoms with E-state index >= 15 is 0 Å². The summed E-state index contributed by atoms with van der Waals surface area (Å²) in [6.45, 7) is 12.0. The number of azo groups is 1. The highest BCUT2D eigenvalue weighted by atomic mass is 15.2. The molecule has 0 amide bonds. The van der Waals surface area contributed by atoms with Crippen molar-refractivity contribution in [1.29, 1.82) is 0 Å². The van der Waals surface area contributed by atoms with E-state index in [4.69, 9.17) is 9.98 Å². The van der Waals surface area contributed by atoms with Gasteiger partial charge < -0.3 is 10.6 Å². The van der Waals surface area contributed by atoms with E-state index in [9.17, 15) is 0 Å². The Morgan fingerprint density at radius 1 is 0.667 bits per heavy atom. The lowest BCUT2D eigenvalue weighted by Crippen LogP contribution is -2.44. The molecular weight excluding hydrogens is 300 g/mol. The van der Waals surface area contributed by atoms with Crippen LogP contribution in [0.2, 0.25) is 0 Å². The van der Waals surface area contributed by atoms with Crippen molar-refractivity contribution in [3.63, 3.8) is 0 Å². The van der Waals surface area contributed by atoms with Gasteiger partial charge in [-0.25, -0.2) is 0 Å². The minimum atomic E-state index is -0.434. The summed E-state index contributed by atoms with van der Waals surface area (Å²) in [6, 6.07) is 0. The molecule has 0 saturated carbocycles. The fourth-order valence-electron chi connectivity index (χ4n) is 2.90. The van der Waals surface area contributed by atoms with Crippen LogP contribution in [-0.4, -0.2) is 48.9 Å². The Morgan fingerprint density at radius 2 is 1.08 bits per heavy atom. The second-order valence-corrected chi connectivity index (χ2v) is 7.75. The third-order valence-corrected chi connectivity index (χ3v) is 4.50. The average Bonchev–Trinajstić information content (AvgIpc) is 2.44. The summed E-state index contributed by atoms with van der Waals surface area (Å²) >= 11 is 0. The molecule has 6 heteroatoms. The quantitative estimate of drug-likeness (QED) is 0.774. The van der Waals surface area contributed by atoms with E-state index in [2.05, 4.69) is 48.6 Å². The lowest BCUT2D eigenvalue weighted by molar-refractivity contribution is 0.527. The molecule has 0 aromatic heterocycles. The molecule has 0 fully saturated rings. The molecule has 0 radical (unpaired) electrons. The van der Waals surface area contributed by atoms with Crippen LogP contribution in [0.1, 0.15) is 66.2 Å². The lowest BCUT2D eigenvalue weighted by Gasteiger charge is -2.28. The van der Waals surface area contributed by atoms with E-state index in [1.807, 2.05) is 0 Å². The first kappa shape index (κ1) is 18.9. The number of nitrogens with zero attached hydrogens (tertiary/aromatic N) is 4. The van der Waals surface area contributed by atoms with Gasteiger partial charge in [0.05, 0.1) is 0 Å². The molecule has 136 valence electrons. The fourth-order valence-corrected chi connectivity index (χ4v) is 2.90. The molecule has 2 aliphatic rings. The van der Waals surface area contributed by atoms with Gasteiger partial charge in [-0.1, -0.05) is 0 Å². The SMILES string of the molecule is CC(C)(N=NC(C)(C)/C1=N/CCCCCN1)/C1=N/CCCCCN1. The topological polar surface area (TPSA) is 73.5 Å². The van der Waals surface area contributed by atoms with Gasteiger partial charge in [0, 0.05) is 26.2 Å². The Labute approximate surface area is 146 Å². The first-order chi connectivity index (χ1) is 11.4. The van der Waals surface area contributed by atoms with Gasteiger partial charge in [0.15, 0.2) is 0 Å². The molecule has 0 spiro atoms. The number of hydrogen-bond acceptors (Lipinski definition) is 6. The molecule has 2 rings (SSSR count). The van der Waals surface area contributed by atoms with Crippen LogP contribution in [0.3, 0.4) is 0 Å². The van der Waals surface area contributed by atoms with Crippen LogP contribution in [-0.2, 0) is 0 Å². The smallest absolute Gasteiger partial charge is 0.133 e. The first-order valence-corrected chi connectivity index (χ1v) is 9.43. The Kier molecular flexibility index (Phi) is 6.75. The molecule has 0 bridgehead atoms. The predicted molar refractivity (Wildman–Crippen MR) is 101 cm³/mol. The number of amidine groups is 2. The molecule has 0 aromatic carbocycles. The average molecular weight is 335 g/mol. The third kappa shape index (κ3) is 5.56. The van der Waals surface area contributed by atoms with Crippen LogP contribution >= 0.6 is 0 Å². The highest BCUT2D eigenvalue weighted by molar-refractivity contribution is 5.92. The van der Waals surface area contributed by atoms with Gasteiger partial charge in [-0.05, 0) is 66.2 Å². The van der Waals surface area contributed by atoms with E-state index in [0.29, 0.717) is 0 Å². The molecule has 6 nitrogen and oxygen atoms in total. The Hall–Kier alpha value is -1.46. The van der Waals surface area contributed by atoms with Crippen molar-refractivity contribution in [2.75, 3.05) is 26.2 Å². The molecule has 24 heavy (non-hydrogen) atoms. The zero-order valence-corrected chi connectivity index (χ0v) is 15.9. The highest BCUT2D eigenvalue weighted by Crippen LogP contribution is 2.19. The number of hydrogen-bond donors (Lipinski definition) is 2. The van der Waals surface area contributed by atoms with Gasteiger partial charge in [0.2, 0.25) is 0 Å². The molecular formula is C18H34N6. The second-order valence-electron chi connectivity index (χ2n) is 7.75. The maximum atomic E-state index is 4.70. The van der Waals surface area contributed by atoms with Crippen molar-refractivity contribution in [3.8, 4) is 0 Å². The van der Waals surface area contributed by atoms with E-state index in [1.165, 1.54) is 25.7 Å². The van der Waals surface area contributed by atoms with Gasteiger partial charge in [0.1, 0.15) is 22.7 Å². The van der Waals surface area contributed by atoms with Crippen molar-refractivity contribution in [2.24, 2.45) is 20.2 Å². The Bertz CT molecular complexity index is 446. The second kappa shape index (κ2) is 8.58. The van der Waals surface area contributed by atoms with Gasteiger partial charge in [-0.3, -0.25) is 9.98 Å². The summed E-state index contributed by atoms with van der Waals surface area (Å²) in [7, 11) is 0. The maximum Gasteiger partial charge on any atom is 0.133 e. The lowest BCUT2D eigenvalue weighted by atomic mass is 10.0. The van der Waals surface area contributed by atoms with Crippen LogP contribution in [0.15, 0.2) is 20.2 Å². The van der Waals surface area contributed by atoms with Crippen molar-refractivity contribution < 1.29 is 0 Å². The van der Waals surface area contributed by atoms with Gasteiger partial charge in [0.25, 0.3) is 0 Å². The molecule has 0 atom stereocenters. The van der Waals surface area contributed by atoms with E-state index in [1.54, 1.807) is 0 Å². The fraction of sp³-hybridized carbons (Fsp3) is 0.889. The summed E-state index contributed by atoms with van der Waals surface area (Å²) in [6.07, 6.45) is 7.18. The van der Waals surface area contributed by atoms with E-state index in [0.717, 1.165) is 50.7 Å². The third-order valence-electron chi connectivity index (χ3n) is 4.50. The normalized spacial score (nSPS) is 25.8. The maximum absolute atomic E-state index is 4.70. The largest absolute Gasteiger partial charge is 0.372 e. The monoisotopic (exact) mass is 334 g/mol. The molecule has 0 aromatic rings. The Balaban J connectivity index is 2.10. The predicted octanol–water partition coefficient (Wildman–Crippen LogP) is 3.34. The van der Waals surface area contributed by atoms with Crippen molar-refractivity contribution >= 4 is 11.7 Å². The minimum absolute atomic E-state index is 0.434. The van der Waals surface area contributed by atoms with Crippen molar-refractivity contribution in [2.45, 2.75) is 77.3 Å². The molecule has 0 unspecified atom stereocenters. The molecule has 0 aliphatic carbocycles. The van der Waals surface area contributed by atoms with Crippen LogP contribution in [0.4, 0.5) is 0 Å². The Morgan fingerprint density at radius 3 is 1.50 bits per heavy atom. The van der Waals surface area contributed by atoms with Crippen LogP contribution in [0.5, 0.6) is 0 Å². The molecule has 2 aliphatic heterocycles.